The largest absolute Gasteiger partial charge is 0.323 e. The van der Waals surface area contributed by atoms with E-state index in [1.165, 1.54) is 11.3 Å². The van der Waals surface area contributed by atoms with Gasteiger partial charge in [-0.2, -0.15) is 0 Å². The molecule has 4 heteroatoms. The van der Waals surface area contributed by atoms with Crippen LogP contribution in [0.5, 0.6) is 0 Å². The van der Waals surface area contributed by atoms with Crippen LogP contribution in [0.1, 0.15) is 11.3 Å². The molecule has 4 nitrogen and oxygen atoms in total. The molecule has 3 rings (SSSR count). The summed E-state index contributed by atoms with van der Waals surface area (Å²) in [4.78, 5) is 11.1. The van der Waals surface area contributed by atoms with Gasteiger partial charge in [0.2, 0.25) is 0 Å². The van der Waals surface area contributed by atoms with Crippen LogP contribution in [0.2, 0.25) is 0 Å². The summed E-state index contributed by atoms with van der Waals surface area (Å²) in [6, 6.07) is 8.46. The third kappa shape index (κ3) is 1.95. The first-order chi connectivity index (χ1) is 8.86. The van der Waals surface area contributed by atoms with Crippen molar-refractivity contribution in [1.82, 2.24) is 15.3 Å². The van der Waals surface area contributed by atoms with Gasteiger partial charge in [0.1, 0.15) is 0 Å². The van der Waals surface area contributed by atoms with Crippen molar-refractivity contribution < 1.29 is 0 Å². The maximum atomic E-state index is 4.48. The summed E-state index contributed by atoms with van der Waals surface area (Å²) in [5.74, 6) is 0.952. The minimum absolute atomic E-state index is 0.909. The van der Waals surface area contributed by atoms with Gasteiger partial charge in [0.25, 0.3) is 0 Å². The van der Waals surface area contributed by atoms with E-state index < -0.39 is 0 Å². The Kier molecular flexibility index (Phi) is 2.94. The van der Waals surface area contributed by atoms with Crippen molar-refractivity contribution in [2.75, 3.05) is 18.0 Å². The van der Waals surface area contributed by atoms with E-state index in [1.807, 2.05) is 6.92 Å². The SMILES string of the molecule is Cc1nccnc1N1CCNCc2ccccc21. The molecule has 1 aromatic heterocycles. The molecule has 0 fully saturated rings. The Morgan fingerprint density at radius 1 is 1.17 bits per heavy atom. The number of nitrogens with one attached hydrogen (secondary N) is 1. The van der Waals surface area contributed by atoms with E-state index in [4.69, 9.17) is 0 Å². The van der Waals surface area contributed by atoms with Crippen LogP contribution in [0.15, 0.2) is 36.7 Å². The standard InChI is InChI=1S/C14H16N4/c1-11-14(17-7-6-16-11)18-9-8-15-10-12-4-2-3-5-13(12)18/h2-7,15H,8-10H2,1H3. The summed E-state index contributed by atoms with van der Waals surface area (Å²) in [5, 5.41) is 3.43. The van der Waals surface area contributed by atoms with Gasteiger partial charge in [0.05, 0.1) is 5.69 Å². The fourth-order valence-electron chi connectivity index (χ4n) is 2.34. The number of hydrogen-bond donors (Lipinski definition) is 1. The first kappa shape index (κ1) is 11.2. The molecule has 0 amide bonds. The monoisotopic (exact) mass is 240 g/mol. The van der Waals surface area contributed by atoms with Crippen LogP contribution >= 0.6 is 0 Å². The zero-order valence-electron chi connectivity index (χ0n) is 10.4. The van der Waals surface area contributed by atoms with E-state index in [0.29, 0.717) is 0 Å². The molecule has 1 N–H and O–H groups in total. The van der Waals surface area contributed by atoms with Crippen molar-refractivity contribution in [2.24, 2.45) is 0 Å². The predicted octanol–water partition coefficient (Wildman–Crippen LogP) is 2.03. The number of benzene rings is 1. The van der Waals surface area contributed by atoms with E-state index in [9.17, 15) is 0 Å². The number of anilines is 2. The van der Waals surface area contributed by atoms with E-state index in [0.717, 1.165) is 31.1 Å². The van der Waals surface area contributed by atoms with Crippen LogP contribution in [-0.4, -0.2) is 23.1 Å². The lowest BCUT2D eigenvalue weighted by atomic mass is 10.1. The first-order valence-electron chi connectivity index (χ1n) is 6.20. The zero-order valence-corrected chi connectivity index (χ0v) is 10.4. The van der Waals surface area contributed by atoms with E-state index in [2.05, 4.69) is 44.5 Å². The second-order valence-corrected chi connectivity index (χ2v) is 4.42. The summed E-state index contributed by atoms with van der Waals surface area (Å²) in [5.41, 5.74) is 3.50. The van der Waals surface area contributed by atoms with Gasteiger partial charge in [-0.25, -0.2) is 4.98 Å². The Morgan fingerprint density at radius 3 is 2.89 bits per heavy atom. The van der Waals surface area contributed by atoms with Crippen molar-refractivity contribution >= 4 is 11.5 Å². The Balaban J connectivity index is 2.10. The van der Waals surface area contributed by atoms with Crippen molar-refractivity contribution in [3.63, 3.8) is 0 Å². The van der Waals surface area contributed by atoms with Crippen LogP contribution in [0, 0.1) is 6.92 Å². The molecule has 18 heavy (non-hydrogen) atoms. The summed E-state index contributed by atoms with van der Waals surface area (Å²) < 4.78 is 0. The summed E-state index contributed by atoms with van der Waals surface area (Å²) in [6.45, 7) is 4.77. The number of para-hydroxylation sites is 1. The van der Waals surface area contributed by atoms with Gasteiger partial charge < -0.3 is 10.2 Å². The molecule has 0 radical (unpaired) electrons. The lowest BCUT2D eigenvalue weighted by Crippen LogP contribution is -2.26. The van der Waals surface area contributed by atoms with Crippen LogP contribution < -0.4 is 10.2 Å². The molecule has 2 aromatic rings. The van der Waals surface area contributed by atoms with Crippen LogP contribution in [0.3, 0.4) is 0 Å². The van der Waals surface area contributed by atoms with Gasteiger partial charge in [-0.1, -0.05) is 18.2 Å². The molecule has 0 saturated carbocycles. The van der Waals surface area contributed by atoms with E-state index in [1.54, 1.807) is 12.4 Å². The lowest BCUT2D eigenvalue weighted by Gasteiger charge is -2.24. The predicted molar refractivity (Wildman–Crippen MR) is 71.9 cm³/mol. The Labute approximate surface area is 107 Å². The average Bonchev–Trinajstić information content (AvgIpc) is 2.62. The summed E-state index contributed by atoms with van der Waals surface area (Å²) in [7, 11) is 0. The highest BCUT2D eigenvalue weighted by atomic mass is 15.2. The average molecular weight is 240 g/mol. The fourth-order valence-corrected chi connectivity index (χ4v) is 2.34. The summed E-state index contributed by atoms with van der Waals surface area (Å²) in [6.07, 6.45) is 3.49. The Morgan fingerprint density at radius 2 is 2.00 bits per heavy atom. The molecule has 1 aliphatic rings. The number of fused-ring (bicyclic) bond motifs is 1. The van der Waals surface area contributed by atoms with Crippen molar-refractivity contribution in [3.05, 3.63) is 47.9 Å². The maximum Gasteiger partial charge on any atom is 0.154 e. The first-order valence-corrected chi connectivity index (χ1v) is 6.20. The molecule has 1 aliphatic heterocycles. The van der Waals surface area contributed by atoms with Gasteiger partial charge in [0, 0.05) is 37.7 Å². The van der Waals surface area contributed by atoms with Crippen LogP contribution in [0.25, 0.3) is 0 Å². The van der Waals surface area contributed by atoms with E-state index in [-0.39, 0.29) is 0 Å². The Hall–Kier alpha value is -1.94. The smallest absolute Gasteiger partial charge is 0.154 e. The van der Waals surface area contributed by atoms with Crippen molar-refractivity contribution in [1.29, 1.82) is 0 Å². The molecule has 92 valence electrons. The van der Waals surface area contributed by atoms with E-state index >= 15 is 0 Å². The quantitative estimate of drug-likeness (QED) is 0.828. The highest BCUT2D eigenvalue weighted by Crippen LogP contribution is 2.29. The lowest BCUT2D eigenvalue weighted by molar-refractivity contribution is 0.710. The number of rotatable bonds is 1. The number of aromatic nitrogens is 2. The van der Waals surface area contributed by atoms with Gasteiger partial charge in [0.15, 0.2) is 5.82 Å². The molecule has 1 aromatic carbocycles. The molecular formula is C14H16N4. The molecule has 0 atom stereocenters. The molecular weight excluding hydrogens is 224 g/mol. The zero-order chi connectivity index (χ0) is 12.4. The third-order valence-electron chi connectivity index (χ3n) is 3.22. The second-order valence-electron chi connectivity index (χ2n) is 4.42. The normalized spacial score (nSPS) is 15.1. The fraction of sp³-hybridized carbons (Fsp3) is 0.286. The minimum Gasteiger partial charge on any atom is -0.323 e. The summed E-state index contributed by atoms with van der Waals surface area (Å²) >= 11 is 0. The van der Waals surface area contributed by atoms with Gasteiger partial charge >= 0.3 is 0 Å². The molecule has 0 aliphatic carbocycles. The number of nitrogens with zero attached hydrogens (tertiary/aromatic N) is 3. The van der Waals surface area contributed by atoms with Crippen LogP contribution in [0.4, 0.5) is 11.5 Å². The molecule has 0 bridgehead atoms. The number of hydrogen-bond acceptors (Lipinski definition) is 4. The third-order valence-corrected chi connectivity index (χ3v) is 3.22. The van der Waals surface area contributed by atoms with Gasteiger partial charge in [-0.05, 0) is 18.6 Å². The van der Waals surface area contributed by atoms with Crippen LogP contribution in [-0.2, 0) is 6.54 Å². The maximum absolute atomic E-state index is 4.48. The topological polar surface area (TPSA) is 41.1 Å². The van der Waals surface area contributed by atoms with Gasteiger partial charge in [-0.15, -0.1) is 0 Å². The second kappa shape index (κ2) is 4.74. The Bertz CT molecular complexity index is 553. The highest BCUT2D eigenvalue weighted by molar-refractivity contribution is 5.65. The highest BCUT2D eigenvalue weighted by Gasteiger charge is 2.18. The molecule has 0 spiro atoms. The van der Waals surface area contributed by atoms with Gasteiger partial charge in [-0.3, -0.25) is 4.98 Å². The molecule has 2 heterocycles. The number of aryl methyl sites for hydroxylation is 1. The molecule has 0 unspecified atom stereocenters. The van der Waals surface area contributed by atoms with Crippen molar-refractivity contribution in [3.8, 4) is 0 Å². The molecule has 0 saturated heterocycles. The van der Waals surface area contributed by atoms with Crippen molar-refractivity contribution in [2.45, 2.75) is 13.5 Å². The minimum atomic E-state index is 0.909.